The van der Waals surface area contributed by atoms with Gasteiger partial charge in [-0.05, 0) is 24.3 Å². The van der Waals surface area contributed by atoms with Crippen molar-refractivity contribution in [3.05, 3.63) is 58.3 Å². The summed E-state index contributed by atoms with van der Waals surface area (Å²) in [5.41, 5.74) is -0.897. The maximum atomic E-state index is 13.1. The van der Waals surface area contributed by atoms with Crippen LogP contribution in [0.25, 0.3) is 0 Å². The molecule has 0 radical (unpaired) electrons. The van der Waals surface area contributed by atoms with Gasteiger partial charge < -0.3 is 4.42 Å². The molecule has 1 N–H and O–H groups in total. The number of nitrogens with zero attached hydrogens (tertiary/aromatic N) is 1. The van der Waals surface area contributed by atoms with Crippen LogP contribution in [-0.4, -0.2) is 13.3 Å². The van der Waals surface area contributed by atoms with Gasteiger partial charge in [-0.25, -0.2) is 13.1 Å². The van der Waals surface area contributed by atoms with Gasteiger partial charge in [-0.2, -0.15) is 4.39 Å². The van der Waals surface area contributed by atoms with Gasteiger partial charge in [0.25, 0.3) is 0 Å². The van der Waals surface area contributed by atoms with Crippen molar-refractivity contribution in [3.63, 3.8) is 0 Å². The second kappa shape index (κ2) is 5.39. The first kappa shape index (κ1) is 14.2. The number of furan rings is 1. The van der Waals surface area contributed by atoms with E-state index in [1.807, 2.05) is 0 Å². The van der Waals surface area contributed by atoms with Gasteiger partial charge in [-0.1, -0.05) is 0 Å². The highest BCUT2D eigenvalue weighted by molar-refractivity contribution is 7.89. The molecule has 0 aliphatic heterocycles. The molecule has 0 aliphatic rings. The molecule has 7 nitrogen and oxygen atoms in total. The Bertz CT molecular complexity index is 727. The van der Waals surface area contributed by atoms with Crippen molar-refractivity contribution in [3.8, 4) is 0 Å². The molecule has 9 heteroatoms. The summed E-state index contributed by atoms with van der Waals surface area (Å²) in [4.78, 5) is 9.20. The SMILES string of the molecule is O=[N+]([O-])c1cc(S(=O)(=O)NCc2ccco2)ccc1F. The largest absolute Gasteiger partial charge is 0.468 e. The van der Waals surface area contributed by atoms with Gasteiger partial charge in [0.05, 0.1) is 22.6 Å². The van der Waals surface area contributed by atoms with E-state index in [1.54, 1.807) is 12.1 Å². The monoisotopic (exact) mass is 300 g/mol. The Morgan fingerprint density at radius 2 is 2.10 bits per heavy atom. The van der Waals surface area contributed by atoms with Crippen LogP contribution in [0.5, 0.6) is 0 Å². The first-order valence-corrected chi connectivity index (χ1v) is 6.84. The topological polar surface area (TPSA) is 102 Å². The van der Waals surface area contributed by atoms with Crippen LogP contribution in [0.4, 0.5) is 10.1 Å². The van der Waals surface area contributed by atoms with Crippen molar-refractivity contribution in [2.45, 2.75) is 11.4 Å². The van der Waals surface area contributed by atoms with Gasteiger partial charge in [0.2, 0.25) is 15.8 Å². The number of hydrogen-bond donors (Lipinski definition) is 1. The average molecular weight is 300 g/mol. The van der Waals surface area contributed by atoms with Gasteiger partial charge in [0, 0.05) is 6.07 Å². The van der Waals surface area contributed by atoms with Gasteiger partial charge in [0.1, 0.15) is 5.76 Å². The number of sulfonamides is 1. The van der Waals surface area contributed by atoms with Crippen molar-refractivity contribution >= 4 is 15.7 Å². The molecule has 0 saturated carbocycles. The zero-order valence-electron chi connectivity index (χ0n) is 9.95. The van der Waals surface area contributed by atoms with E-state index in [2.05, 4.69) is 4.72 Å². The zero-order chi connectivity index (χ0) is 14.8. The highest BCUT2D eigenvalue weighted by Crippen LogP contribution is 2.21. The molecule has 20 heavy (non-hydrogen) atoms. The molecular weight excluding hydrogens is 291 g/mol. The summed E-state index contributed by atoms with van der Waals surface area (Å²) in [5, 5.41) is 10.6. The second-order valence-corrected chi connectivity index (χ2v) is 5.54. The van der Waals surface area contributed by atoms with Crippen LogP contribution in [0.2, 0.25) is 0 Å². The molecule has 0 amide bonds. The Labute approximate surface area is 113 Å². The number of rotatable bonds is 5. The van der Waals surface area contributed by atoms with E-state index >= 15 is 0 Å². The first-order valence-electron chi connectivity index (χ1n) is 5.36. The van der Waals surface area contributed by atoms with Crippen LogP contribution in [0.15, 0.2) is 45.9 Å². The number of hydrogen-bond acceptors (Lipinski definition) is 5. The maximum Gasteiger partial charge on any atom is 0.306 e. The zero-order valence-corrected chi connectivity index (χ0v) is 10.8. The van der Waals surface area contributed by atoms with Crippen molar-refractivity contribution in [2.24, 2.45) is 0 Å². The van der Waals surface area contributed by atoms with Crippen LogP contribution < -0.4 is 4.72 Å². The van der Waals surface area contributed by atoms with E-state index in [0.717, 1.165) is 12.1 Å². The lowest BCUT2D eigenvalue weighted by molar-refractivity contribution is -0.387. The summed E-state index contributed by atoms with van der Waals surface area (Å²) in [7, 11) is -3.99. The molecule has 0 spiro atoms. The average Bonchev–Trinajstić information content (AvgIpc) is 2.89. The predicted molar refractivity (Wildman–Crippen MR) is 65.8 cm³/mol. The lowest BCUT2D eigenvalue weighted by Crippen LogP contribution is -2.23. The Balaban J connectivity index is 2.25. The third kappa shape index (κ3) is 3.00. The molecule has 2 rings (SSSR count). The maximum absolute atomic E-state index is 13.1. The fourth-order valence-electron chi connectivity index (χ4n) is 1.46. The van der Waals surface area contributed by atoms with E-state index in [4.69, 9.17) is 4.42 Å². The Morgan fingerprint density at radius 1 is 1.35 bits per heavy atom. The third-order valence-electron chi connectivity index (χ3n) is 2.44. The second-order valence-electron chi connectivity index (χ2n) is 3.77. The lowest BCUT2D eigenvalue weighted by Gasteiger charge is -2.05. The molecule has 0 aliphatic carbocycles. The van der Waals surface area contributed by atoms with Crippen LogP contribution in [0.3, 0.4) is 0 Å². The van der Waals surface area contributed by atoms with Gasteiger partial charge in [-0.15, -0.1) is 0 Å². The minimum Gasteiger partial charge on any atom is -0.468 e. The quantitative estimate of drug-likeness (QED) is 0.670. The summed E-state index contributed by atoms with van der Waals surface area (Å²) < 4.78 is 44.1. The number of halogens is 1. The normalized spacial score (nSPS) is 11.4. The predicted octanol–water partition coefficient (Wildman–Crippen LogP) is 1.81. The molecule has 0 saturated heterocycles. The number of nitro benzene ring substituents is 1. The fraction of sp³-hybridized carbons (Fsp3) is 0.0909. The Morgan fingerprint density at radius 3 is 2.70 bits per heavy atom. The molecule has 0 bridgehead atoms. The molecule has 0 unspecified atom stereocenters. The molecule has 0 fully saturated rings. The summed E-state index contributed by atoms with van der Waals surface area (Å²) in [6, 6.07) is 5.51. The van der Waals surface area contributed by atoms with Crippen molar-refractivity contribution in [2.75, 3.05) is 0 Å². The highest BCUT2D eigenvalue weighted by Gasteiger charge is 2.21. The summed E-state index contributed by atoms with van der Waals surface area (Å²) in [6.07, 6.45) is 1.38. The van der Waals surface area contributed by atoms with Crippen molar-refractivity contribution in [1.29, 1.82) is 0 Å². The van der Waals surface area contributed by atoms with Crippen LogP contribution in [-0.2, 0) is 16.6 Å². The summed E-state index contributed by atoms with van der Waals surface area (Å²) in [5.74, 6) is -0.717. The van der Waals surface area contributed by atoms with Crippen molar-refractivity contribution < 1.29 is 22.1 Å². The Hall–Kier alpha value is -2.26. The molecule has 2 aromatic rings. The molecule has 1 aromatic heterocycles. The lowest BCUT2D eigenvalue weighted by atomic mass is 10.3. The van der Waals surface area contributed by atoms with Gasteiger partial charge in [-0.3, -0.25) is 10.1 Å². The first-order chi connectivity index (χ1) is 9.40. The molecule has 1 heterocycles. The van der Waals surface area contributed by atoms with Gasteiger partial charge >= 0.3 is 5.69 Å². The molecular formula is C11H9FN2O5S. The standard InChI is InChI=1S/C11H9FN2O5S/c12-10-4-3-9(6-11(10)14(15)16)20(17,18)13-7-8-2-1-5-19-8/h1-6,13H,7H2. The smallest absolute Gasteiger partial charge is 0.306 e. The minimum atomic E-state index is -3.99. The fourth-order valence-corrected chi connectivity index (χ4v) is 2.48. The number of nitro groups is 1. The summed E-state index contributed by atoms with van der Waals surface area (Å²) in [6.45, 7) is -0.111. The highest BCUT2D eigenvalue weighted by atomic mass is 32.2. The number of nitrogens with one attached hydrogen (secondary N) is 1. The van der Waals surface area contributed by atoms with E-state index in [9.17, 15) is 22.9 Å². The van der Waals surface area contributed by atoms with E-state index in [0.29, 0.717) is 11.8 Å². The van der Waals surface area contributed by atoms with Crippen molar-refractivity contribution in [1.82, 2.24) is 4.72 Å². The third-order valence-corrected chi connectivity index (χ3v) is 3.84. The van der Waals surface area contributed by atoms with Crippen LogP contribution in [0.1, 0.15) is 5.76 Å². The molecule has 0 atom stereocenters. The van der Waals surface area contributed by atoms with Crippen LogP contribution in [0, 0.1) is 15.9 Å². The number of benzene rings is 1. The van der Waals surface area contributed by atoms with Gasteiger partial charge in [0.15, 0.2) is 0 Å². The van der Waals surface area contributed by atoms with E-state index < -0.39 is 31.3 Å². The van der Waals surface area contributed by atoms with E-state index in [1.165, 1.54) is 6.26 Å². The van der Waals surface area contributed by atoms with Crippen LogP contribution >= 0.6 is 0 Å². The minimum absolute atomic E-state index is 0.111. The summed E-state index contributed by atoms with van der Waals surface area (Å²) >= 11 is 0. The molecule has 106 valence electrons. The van der Waals surface area contributed by atoms with E-state index in [-0.39, 0.29) is 6.54 Å². The Kier molecular flexibility index (Phi) is 3.81. The molecule has 1 aromatic carbocycles.